The molecule has 145 heavy (non-hydrogen) atoms. The fourth-order valence-corrected chi connectivity index (χ4v) is 21.9. The van der Waals surface area contributed by atoms with E-state index in [1.54, 1.807) is 81.8 Å². The normalized spacial score (nSPS) is 18.9. The molecular weight excluding hydrogens is 1960 g/mol. The molecule has 16 rings (SSSR count). The van der Waals surface area contributed by atoms with Gasteiger partial charge >= 0.3 is 0 Å². The van der Waals surface area contributed by atoms with Crippen molar-refractivity contribution < 1.29 is 89.5 Å². The van der Waals surface area contributed by atoms with E-state index in [0.717, 1.165) is 155 Å². The number of carbonyl (C=O) groups excluding carboxylic acids is 8. The molecule has 12 N–H and O–H groups in total. The van der Waals surface area contributed by atoms with Crippen LogP contribution in [0.4, 0.5) is 54.0 Å². The molecule has 8 aromatic heterocycles. The third kappa shape index (κ3) is 31.5. The molecule has 0 unspecified atom stereocenters. The van der Waals surface area contributed by atoms with Gasteiger partial charge in [0, 0.05) is 150 Å². The van der Waals surface area contributed by atoms with Crippen molar-refractivity contribution in [1.82, 2.24) is 80.7 Å². The number of rotatable bonds is 29. The van der Waals surface area contributed by atoms with Crippen LogP contribution >= 0.6 is 45.3 Å². The molecule has 32 nitrogen and oxygen atoms in total. The first kappa shape index (κ1) is 112. The van der Waals surface area contributed by atoms with Gasteiger partial charge in [-0.3, -0.25) is 38.4 Å². The smallest absolute Gasteiger partial charge is 0.280 e. The van der Waals surface area contributed by atoms with Crippen LogP contribution in [-0.4, -0.2) is 283 Å². The number of likely N-dealkylation sites (tertiary alicyclic amines) is 4. The Morgan fingerprint density at radius 2 is 0.634 bits per heavy atom. The molecule has 8 fully saturated rings. The second-order valence-electron chi connectivity index (χ2n) is 42.0. The summed E-state index contributed by atoms with van der Waals surface area (Å²) in [4.78, 5) is 148. The molecule has 4 saturated carbocycles. The van der Waals surface area contributed by atoms with Crippen molar-refractivity contribution in [2.45, 2.75) is 321 Å². The average molecular weight is 2100 g/mol. The van der Waals surface area contributed by atoms with Crippen LogP contribution < -0.4 is 42.5 Å². The van der Waals surface area contributed by atoms with Crippen LogP contribution in [0, 0.1) is 20.8 Å². The van der Waals surface area contributed by atoms with Crippen LogP contribution in [0.15, 0.2) is 49.1 Å². The van der Waals surface area contributed by atoms with Gasteiger partial charge in [0.15, 0.2) is 20.0 Å². The Bertz CT molecular complexity index is 5820. The van der Waals surface area contributed by atoms with Crippen LogP contribution in [0.25, 0.3) is 41.8 Å². The fraction of sp³-hybridized carbons (Fsp3) is 0.608. The predicted octanol–water partition coefficient (Wildman–Crippen LogP) is 17.1. The molecule has 4 aliphatic carbocycles. The summed E-state index contributed by atoms with van der Waals surface area (Å²) < 4.78 is 97.1. The van der Waals surface area contributed by atoms with E-state index in [4.69, 9.17) is 0 Å². The van der Waals surface area contributed by atoms with Gasteiger partial charge in [0.2, 0.25) is 0 Å². The standard InChI is InChI=1S/C27H37F2N5O3S.C26H34F3N5O3S.C25H34FN5O3S.C24H32FN5O3S/c1-16-13-20(32-18-5-9-27(4,29)10-6-18)30-14-19(16)22-21(25(36)34-11-7-17(28)8-12-34)33-24(38-22)23(35)31-15-26(2,3)37;1-26(2,37)14-31-23(35)24-33-19(25(36)34-10-8-16(27)9-11-34)20(38-24)15-12-18(21(28)29)22(30-13-15)32-17-6-4-3-5-7-17;1-15-12-19(29-17-6-4-5-7-17)27-13-18(15)21-20(24(33)31-10-8-16(26)9-11-31)30-23(35-21)22(32)28-14-25(2,3)34;1-14-11-18(28-16-5-4-6-16)26-12-17(14)20-19(23(32)30-9-7-15(25)8-10-30)29-22(34-20)21(31)27-13-24(2,3)33/h13-14,17-18,37H,5-12,15H2,1-4H3,(H,30,32)(H,31,35);12-13,16-17,21,37H,3-11,14H2,1-2H3,(H,30,32)(H,31,35);12-13,16-17,34H,4-11,14H2,1-3H3,(H,27,29)(H,28,32);11-12,15-16,33H,4-10,13H2,1-3H3,(H,26,28)(H,27,31). The summed E-state index contributed by atoms with van der Waals surface area (Å²) in [7, 11) is 0. The number of nitrogens with one attached hydrogen (secondary N) is 8. The number of alkyl halides is 7. The minimum Gasteiger partial charge on any atom is -0.389 e. The zero-order valence-electron chi connectivity index (χ0n) is 84.5. The van der Waals surface area contributed by atoms with Gasteiger partial charge in [0.1, 0.15) is 76.4 Å². The molecule has 8 aliphatic rings. The number of halogens is 7. The van der Waals surface area contributed by atoms with Gasteiger partial charge in [-0.05, 0) is 246 Å². The number of aliphatic hydroxyl groups is 4. The largest absolute Gasteiger partial charge is 0.389 e. The van der Waals surface area contributed by atoms with Gasteiger partial charge in [0.05, 0.1) is 47.5 Å². The molecule has 790 valence electrons. The van der Waals surface area contributed by atoms with Crippen molar-refractivity contribution in [3.8, 4) is 41.8 Å². The highest BCUT2D eigenvalue weighted by Gasteiger charge is 2.39. The van der Waals surface area contributed by atoms with Crippen molar-refractivity contribution in [1.29, 1.82) is 0 Å². The molecule has 8 amide bonds. The number of pyridine rings is 4. The van der Waals surface area contributed by atoms with Gasteiger partial charge in [-0.25, -0.2) is 70.6 Å². The number of piperidine rings is 4. The van der Waals surface area contributed by atoms with E-state index in [1.807, 2.05) is 39.0 Å². The number of nitrogens with zero attached hydrogens (tertiary/aromatic N) is 12. The van der Waals surface area contributed by atoms with Crippen LogP contribution in [0.5, 0.6) is 0 Å². The Balaban J connectivity index is 0.000000162. The lowest BCUT2D eigenvalue weighted by molar-refractivity contribution is 0.0652. The van der Waals surface area contributed by atoms with Crippen molar-refractivity contribution in [3.05, 3.63) is 114 Å². The number of hydrogen-bond donors (Lipinski definition) is 12. The summed E-state index contributed by atoms with van der Waals surface area (Å²) in [6, 6.07) is 8.18. The van der Waals surface area contributed by atoms with E-state index in [1.165, 1.54) is 50.3 Å². The first-order valence-electron chi connectivity index (χ1n) is 50.3. The number of hydrogen-bond acceptors (Lipinski definition) is 28. The third-order valence-electron chi connectivity index (χ3n) is 26.6. The fourth-order valence-electron chi connectivity index (χ4n) is 17.8. The van der Waals surface area contributed by atoms with E-state index in [-0.39, 0.29) is 172 Å². The van der Waals surface area contributed by atoms with Crippen molar-refractivity contribution >= 4 is 116 Å². The molecule has 0 spiro atoms. The Labute approximate surface area is 857 Å². The number of aromatic nitrogens is 8. The maximum atomic E-state index is 14.2. The summed E-state index contributed by atoms with van der Waals surface area (Å²) in [6.07, 6.45) is 17.8. The Morgan fingerprint density at radius 1 is 0.372 bits per heavy atom. The van der Waals surface area contributed by atoms with E-state index < -0.39 is 88.7 Å². The maximum absolute atomic E-state index is 14.2. The molecule has 0 radical (unpaired) electrons. The second kappa shape index (κ2) is 49.0. The third-order valence-corrected chi connectivity index (χ3v) is 31.0. The number of aryl methyl sites for hydroxylation is 3. The summed E-state index contributed by atoms with van der Waals surface area (Å²) in [5.74, 6) is -1.08. The van der Waals surface area contributed by atoms with Gasteiger partial charge in [-0.2, -0.15) is 0 Å². The van der Waals surface area contributed by atoms with Crippen molar-refractivity contribution in [2.75, 3.05) is 99.8 Å². The summed E-state index contributed by atoms with van der Waals surface area (Å²) >= 11 is 4.24. The predicted molar refractivity (Wildman–Crippen MR) is 548 cm³/mol. The molecule has 0 bridgehead atoms. The second-order valence-corrected chi connectivity index (χ2v) is 46.0. The quantitative estimate of drug-likeness (QED) is 0.0194. The molecule has 12 heterocycles. The number of thiazole rings is 4. The highest BCUT2D eigenvalue weighted by molar-refractivity contribution is 7.18. The topological polar surface area (TPSA) is 430 Å². The van der Waals surface area contributed by atoms with Gasteiger partial charge in [-0.1, -0.05) is 32.1 Å². The molecule has 0 atom stereocenters. The Kier molecular flexibility index (Phi) is 37.8. The van der Waals surface area contributed by atoms with Crippen LogP contribution in [0.3, 0.4) is 0 Å². The lowest BCUT2D eigenvalue weighted by Gasteiger charge is -2.31. The molecule has 4 saturated heterocycles. The number of anilines is 4. The number of amides is 8. The Morgan fingerprint density at radius 3 is 0.903 bits per heavy atom. The molecule has 8 aromatic rings. The van der Waals surface area contributed by atoms with E-state index in [9.17, 15) is 89.5 Å². The van der Waals surface area contributed by atoms with Crippen LogP contribution in [-0.2, 0) is 0 Å². The minimum atomic E-state index is -2.81. The highest BCUT2D eigenvalue weighted by Crippen LogP contribution is 2.43. The zero-order chi connectivity index (χ0) is 105. The van der Waals surface area contributed by atoms with E-state index >= 15 is 0 Å². The van der Waals surface area contributed by atoms with Crippen LogP contribution in [0.2, 0.25) is 0 Å². The molecule has 0 aromatic carbocycles. The lowest BCUT2D eigenvalue weighted by Crippen LogP contribution is -2.39. The zero-order valence-corrected chi connectivity index (χ0v) is 87.7. The van der Waals surface area contributed by atoms with Crippen LogP contribution in [0.1, 0.15) is 326 Å². The summed E-state index contributed by atoms with van der Waals surface area (Å²) in [5.41, 5.74) is -0.286. The lowest BCUT2D eigenvalue weighted by atomic mass is 9.85. The molecule has 4 aliphatic heterocycles. The summed E-state index contributed by atoms with van der Waals surface area (Å²) in [6.45, 7) is 22.4. The van der Waals surface area contributed by atoms with Gasteiger partial charge < -0.3 is 82.6 Å². The SMILES string of the molecule is CC(C)(O)CNC(=O)c1nc(C(=O)N2CCC(F)CC2)c(-c2cnc(NC3CCCCC3)c(C(F)F)c2)s1.Cc1cc(NC2CCC(C)(F)CC2)ncc1-c1sc(C(=O)NCC(C)(C)O)nc1C(=O)N1CCC(F)CC1.Cc1cc(NC2CCC2)ncc1-c1sc(C(=O)NCC(C)(C)O)nc1C(=O)N1CCC(F)CC1.Cc1cc(NC2CCCC2)ncc1-c1sc(C(=O)NCC(C)(C)O)nc1C(=O)N1CCC(F)CC1. The summed E-state index contributed by atoms with van der Waals surface area (Å²) in [5, 5.41) is 64.2. The van der Waals surface area contributed by atoms with Gasteiger partial charge in [-0.15, -0.1) is 45.3 Å². The van der Waals surface area contributed by atoms with E-state index in [0.29, 0.717) is 103 Å². The monoisotopic (exact) mass is 2090 g/mol. The first-order chi connectivity index (χ1) is 68.5. The van der Waals surface area contributed by atoms with Gasteiger partial charge in [0.25, 0.3) is 53.7 Å². The number of carbonyl (C=O) groups is 8. The first-order valence-corrected chi connectivity index (χ1v) is 53.5. The van der Waals surface area contributed by atoms with Crippen molar-refractivity contribution in [2.24, 2.45) is 0 Å². The molecular formula is C102H137F7N20O12S4. The average Bonchev–Trinajstić information content (AvgIpc) is 1.67. The highest BCUT2D eigenvalue weighted by atomic mass is 32.1. The van der Waals surface area contributed by atoms with Crippen molar-refractivity contribution in [3.63, 3.8) is 0 Å². The Hall–Kier alpha value is -10.6. The minimum absolute atomic E-state index is 0.0255. The maximum Gasteiger partial charge on any atom is 0.280 e. The van der Waals surface area contributed by atoms with E-state index in [2.05, 4.69) is 82.4 Å². The molecule has 43 heteroatoms.